The minimum absolute atomic E-state index is 0.403. The normalized spacial score (nSPS) is 10.1. The van der Waals surface area contributed by atoms with Crippen molar-refractivity contribution in [3.8, 4) is 22.6 Å². The minimum Gasteiger partial charge on any atom is -0.426 e. The molecular formula is C19H21NO4. The van der Waals surface area contributed by atoms with Crippen LogP contribution >= 0.6 is 0 Å². The van der Waals surface area contributed by atoms with Gasteiger partial charge in [0.2, 0.25) is 0 Å². The summed E-state index contributed by atoms with van der Waals surface area (Å²) < 4.78 is 10.8. The van der Waals surface area contributed by atoms with Gasteiger partial charge in [-0.2, -0.15) is 0 Å². The highest BCUT2D eigenvalue weighted by Crippen LogP contribution is 2.36. The zero-order chi connectivity index (χ0) is 17.5. The fourth-order valence-electron chi connectivity index (χ4n) is 2.35. The van der Waals surface area contributed by atoms with E-state index in [2.05, 4.69) is 0 Å². The molecule has 24 heavy (non-hydrogen) atoms. The van der Waals surface area contributed by atoms with Crippen LogP contribution in [0, 0.1) is 0 Å². The number of para-hydroxylation sites is 2. The van der Waals surface area contributed by atoms with Crippen LogP contribution in [0.3, 0.4) is 0 Å². The summed E-state index contributed by atoms with van der Waals surface area (Å²) in [5.74, 6) is 0.449. The topological polar surface area (TPSA) is 55.8 Å². The maximum absolute atomic E-state index is 12.2. The second-order valence-corrected chi connectivity index (χ2v) is 5.13. The van der Waals surface area contributed by atoms with Gasteiger partial charge in [0.1, 0.15) is 11.5 Å². The number of nitrogens with zero attached hydrogens (tertiary/aromatic N) is 1. The molecule has 0 aliphatic rings. The summed E-state index contributed by atoms with van der Waals surface area (Å²) in [6, 6.07) is 14.3. The van der Waals surface area contributed by atoms with E-state index in [-0.39, 0.29) is 0 Å². The lowest BCUT2D eigenvalue weighted by atomic mass is 10.0. The summed E-state index contributed by atoms with van der Waals surface area (Å²) in [6.07, 6.45) is -0.405. The van der Waals surface area contributed by atoms with Crippen LogP contribution in [0.1, 0.15) is 20.8 Å². The van der Waals surface area contributed by atoms with Crippen LogP contribution in [0.5, 0.6) is 11.5 Å². The van der Waals surface area contributed by atoms with Crippen molar-refractivity contribution in [2.45, 2.75) is 20.8 Å². The zero-order valence-electron chi connectivity index (χ0n) is 14.1. The van der Waals surface area contributed by atoms with Gasteiger partial charge in [0.25, 0.3) is 0 Å². The Hall–Kier alpha value is -2.82. The number of benzene rings is 2. The van der Waals surface area contributed by atoms with Crippen LogP contribution in [0.2, 0.25) is 0 Å². The molecule has 0 spiro atoms. The van der Waals surface area contributed by atoms with E-state index in [4.69, 9.17) is 9.47 Å². The molecular weight excluding hydrogens is 306 g/mol. The maximum atomic E-state index is 12.2. The molecule has 0 radical (unpaired) electrons. The van der Waals surface area contributed by atoms with Crippen LogP contribution in [0.4, 0.5) is 4.79 Å². The molecule has 5 nitrogen and oxygen atoms in total. The number of hydrogen-bond donors (Lipinski definition) is 0. The van der Waals surface area contributed by atoms with E-state index in [0.717, 1.165) is 0 Å². The largest absolute Gasteiger partial charge is 0.426 e. The van der Waals surface area contributed by atoms with Gasteiger partial charge in [0.15, 0.2) is 0 Å². The highest BCUT2D eigenvalue weighted by Gasteiger charge is 2.17. The predicted octanol–water partition coefficient (Wildman–Crippen LogP) is 4.12. The average Bonchev–Trinajstić information content (AvgIpc) is 2.56. The van der Waals surface area contributed by atoms with E-state index in [1.165, 1.54) is 6.92 Å². The predicted molar refractivity (Wildman–Crippen MR) is 92.1 cm³/mol. The summed E-state index contributed by atoms with van der Waals surface area (Å²) >= 11 is 0. The lowest BCUT2D eigenvalue weighted by molar-refractivity contribution is -0.131. The summed E-state index contributed by atoms with van der Waals surface area (Å²) in [4.78, 5) is 25.1. The van der Waals surface area contributed by atoms with Crippen molar-refractivity contribution >= 4 is 12.1 Å². The third-order valence-electron chi connectivity index (χ3n) is 3.54. The van der Waals surface area contributed by atoms with E-state index < -0.39 is 12.1 Å². The molecule has 1 amide bonds. The monoisotopic (exact) mass is 327 g/mol. The summed E-state index contributed by atoms with van der Waals surface area (Å²) in [7, 11) is 0. The average molecular weight is 327 g/mol. The van der Waals surface area contributed by atoms with Gasteiger partial charge in [-0.3, -0.25) is 4.79 Å². The third kappa shape index (κ3) is 4.13. The zero-order valence-corrected chi connectivity index (χ0v) is 14.1. The first-order valence-electron chi connectivity index (χ1n) is 7.90. The van der Waals surface area contributed by atoms with Gasteiger partial charge in [-0.25, -0.2) is 4.79 Å². The highest BCUT2D eigenvalue weighted by atomic mass is 16.6. The molecule has 0 N–H and O–H groups in total. The molecule has 0 unspecified atom stereocenters. The highest BCUT2D eigenvalue weighted by molar-refractivity contribution is 5.82. The van der Waals surface area contributed by atoms with Crippen molar-refractivity contribution in [2.24, 2.45) is 0 Å². The van der Waals surface area contributed by atoms with E-state index in [0.29, 0.717) is 35.7 Å². The number of carbonyl (C=O) groups is 2. The molecule has 5 heteroatoms. The van der Waals surface area contributed by atoms with Gasteiger partial charge in [-0.1, -0.05) is 36.4 Å². The van der Waals surface area contributed by atoms with Crippen molar-refractivity contribution in [3.05, 3.63) is 48.5 Å². The second-order valence-electron chi connectivity index (χ2n) is 5.13. The van der Waals surface area contributed by atoms with Gasteiger partial charge in [0, 0.05) is 31.1 Å². The van der Waals surface area contributed by atoms with Crippen LogP contribution in [0.15, 0.2) is 48.5 Å². The molecule has 0 bridgehead atoms. The first-order chi connectivity index (χ1) is 11.6. The van der Waals surface area contributed by atoms with Crippen molar-refractivity contribution in [3.63, 3.8) is 0 Å². The Morgan fingerprint density at radius 2 is 1.29 bits per heavy atom. The van der Waals surface area contributed by atoms with Crippen molar-refractivity contribution in [2.75, 3.05) is 13.1 Å². The number of amides is 1. The summed E-state index contributed by atoms with van der Waals surface area (Å²) in [5.41, 5.74) is 1.38. The van der Waals surface area contributed by atoms with Crippen LogP contribution < -0.4 is 9.47 Å². The van der Waals surface area contributed by atoms with Crippen molar-refractivity contribution in [1.82, 2.24) is 4.90 Å². The van der Waals surface area contributed by atoms with Gasteiger partial charge >= 0.3 is 12.1 Å². The first kappa shape index (κ1) is 17.5. The molecule has 0 aliphatic heterocycles. The van der Waals surface area contributed by atoms with E-state index in [1.807, 2.05) is 38.1 Å². The second kappa shape index (κ2) is 8.15. The fourth-order valence-corrected chi connectivity index (χ4v) is 2.35. The Morgan fingerprint density at radius 1 is 0.833 bits per heavy atom. The number of carbonyl (C=O) groups excluding carboxylic acids is 2. The van der Waals surface area contributed by atoms with Crippen molar-refractivity contribution < 1.29 is 19.1 Å². The summed E-state index contributed by atoms with van der Waals surface area (Å²) in [5, 5.41) is 0. The third-order valence-corrected chi connectivity index (χ3v) is 3.54. The molecule has 2 aromatic carbocycles. The minimum atomic E-state index is -0.405. The molecule has 0 aliphatic carbocycles. The molecule has 0 saturated heterocycles. The Balaban J connectivity index is 2.40. The Labute approximate surface area is 141 Å². The van der Waals surface area contributed by atoms with Gasteiger partial charge in [0.05, 0.1) is 0 Å². The molecule has 0 saturated carbocycles. The van der Waals surface area contributed by atoms with Gasteiger partial charge in [-0.05, 0) is 26.0 Å². The molecule has 0 atom stereocenters. The quantitative estimate of drug-likeness (QED) is 0.612. The van der Waals surface area contributed by atoms with Crippen LogP contribution in [-0.2, 0) is 4.79 Å². The Morgan fingerprint density at radius 3 is 1.75 bits per heavy atom. The SMILES string of the molecule is CCN(CC)C(=O)Oc1ccccc1-c1ccccc1OC(C)=O. The number of ether oxygens (including phenoxy) is 2. The van der Waals surface area contributed by atoms with Gasteiger partial charge < -0.3 is 14.4 Å². The van der Waals surface area contributed by atoms with E-state index >= 15 is 0 Å². The van der Waals surface area contributed by atoms with Crippen LogP contribution in [-0.4, -0.2) is 30.1 Å². The molecule has 0 aromatic heterocycles. The Bertz CT molecular complexity index is 723. The van der Waals surface area contributed by atoms with E-state index in [1.54, 1.807) is 29.2 Å². The van der Waals surface area contributed by atoms with Gasteiger partial charge in [-0.15, -0.1) is 0 Å². The fraction of sp³-hybridized carbons (Fsp3) is 0.263. The Kier molecular flexibility index (Phi) is 5.95. The summed E-state index contributed by atoms with van der Waals surface area (Å²) in [6.45, 7) is 6.28. The molecule has 126 valence electrons. The van der Waals surface area contributed by atoms with Crippen LogP contribution in [0.25, 0.3) is 11.1 Å². The maximum Gasteiger partial charge on any atom is 0.415 e. The first-order valence-corrected chi connectivity index (χ1v) is 7.90. The smallest absolute Gasteiger partial charge is 0.415 e. The number of rotatable bonds is 5. The van der Waals surface area contributed by atoms with Crippen molar-refractivity contribution in [1.29, 1.82) is 0 Å². The number of hydrogen-bond acceptors (Lipinski definition) is 4. The molecule has 0 heterocycles. The lowest BCUT2D eigenvalue weighted by Gasteiger charge is -2.19. The molecule has 2 rings (SSSR count). The lowest BCUT2D eigenvalue weighted by Crippen LogP contribution is -2.33. The molecule has 0 fully saturated rings. The van der Waals surface area contributed by atoms with E-state index in [9.17, 15) is 9.59 Å². The number of esters is 1. The molecule has 2 aromatic rings. The standard InChI is InChI=1S/C19H21NO4/c1-4-20(5-2)19(22)24-18-13-9-7-11-16(18)15-10-6-8-12-17(15)23-14(3)21/h6-13H,4-5H2,1-3H3.